The molecule has 7 aromatic carbocycles. The van der Waals surface area contributed by atoms with E-state index in [4.69, 9.17) is 44.2 Å². The van der Waals surface area contributed by atoms with Crippen molar-refractivity contribution in [3.8, 4) is 50.6 Å². The maximum absolute atomic E-state index is 6.64. The van der Waals surface area contributed by atoms with Gasteiger partial charge in [-0.15, -0.1) is 16.4 Å². The van der Waals surface area contributed by atoms with E-state index in [0.29, 0.717) is 11.5 Å². The Morgan fingerprint density at radius 2 is 0.942 bits per heavy atom. The maximum Gasteiger partial charge on any atom is 0.145 e. The van der Waals surface area contributed by atoms with Crippen molar-refractivity contribution in [1.29, 1.82) is 0 Å². The number of imidazole rings is 1. The van der Waals surface area contributed by atoms with E-state index in [1.54, 1.807) is 0 Å². The highest BCUT2D eigenvalue weighted by molar-refractivity contribution is 6.68. The van der Waals surface area contributed by atoms with Crippen molar-refractivity contribution in [2.24, 2.45) is 0 Å². The van der Waals surface area contributed by atoms with Gasteiger partial charge in [0, 0.05) is 23.0 Å². The Morgan fingerprint density at radius 1 is 0.423 bits per heavy atom. The van der Waals surface area contributed by atoms with Gasteiger partial charge in [-0.25, -0.2) is 4.98 Å². The van der Waals surface area contributed by atoms with E-state index in [-0.39, 0.29) is 27.3 Å². The second-order valence-electron chi connectivity index (χ2n) is 12.9. The number of rotatable bonds is 5. The average molecular weight is 649 g/mol. The van der Waals surface area contributed by atoms with Crippen molar-refractivity contribution < 1.29 is 0 Å². The van der Waals surface area contributed by atoms with Crippen LogP contribution in [-0.2, 0) is 0 Å². The summed E-state index contributed by atoms with van der Waals surface area (Å²) in [5, 5.41) is 4.60. The molecule has 0 bridgehead atoms. The van der Waals surface area contributed by atoms with Crippen molar-refractivity contribution in [2.75, 3.05) is 0 Å². The summed E-state index contributed by atoms with van der Waals surface area (Å²) in [5.41, 5.74) is 10.4. The molecule has 0 aliphatic carbocycles. The zero-order valence-electron chi connectivity index (χ0n) is 28.1. The van der Waals surface area contributed by atoms with Gasteiger partial charge in [-0.3, -0.25) is 9.55 Å². The molecule has 230 valence electrons. The lowest BCUT2D eigenvalue weighted by atomic mass is 9.61. The summed E-state index contributed by atoms with van der Waals surface area (Å²) in [5.74, 6) is 0.642. The van der Waals surface area contributed by atoms with Crippen molar-refractivity contribution in [3.63, 3.8) is 0 Å². The predicted octanol–water partition coefficient (Wildman–Crippen LogP) is 5.36. The molecule has 0 saturated carbocycles. The van der Waals surface area contributed by atoms with Crippen LogP contribution < -0.4 is 27.3 Å². The van der Waals surface area contributed by atoms with Gasteiger partial charge in [0.1, 0.15) is 45.1 Å². The third-order valence-corrected chi connectivity index (χ3v) is 9.93. The number of nitrogens with zero attached hydrogens (tertiary/aromatic N) is 3. The summed E-state index contributed by atoms with van der Waals surface area (Å²) in [4.78, 5) is 9.65. The number of hydrogen-bond acceptors (Lipinski definition) is 2. The third kappa shape index (κ3) is 5.05. The fourth-order valence-corrected chi connectivity index (χ4v) is 7.43. The molecule has 52 heavy (non-hydrogen) atoms. The van der Waals surface area contributed by atoms with E-state index in [0.717, 1.165) is 66.1 Å². The Kier molecular flexibility index (Phi) is 7.77. The van der Waals surface area contributed by atoms with E-state index < -0.39 is 0 Å². The van der Waals surface area contributed by atoms with Gasteiger partial charge in [-0.1, -0.05) is 120 Å². The first kappa shape index (κ1) is 31.9. The van der Waals surface area contributed by atoms with Crippen LogP contribution in [-0.4, -0.2) is 53.8 Å². The Bertz CT molecular complexity index is 2760. The fourth-order valence-electron chi connectivity index (χ4n) is 7.43. The third-order valence-electron chi connectivity index (χ3n) is 9.93. The van der Waals surface area contributed by atoms with Crippen LogP contribution in [0.2, 0.25) is 0 Å². The molecule has 0 N–H and O–H groups in total. The molecule has 0 unspecified atom stereocenters. The summed E-state index contributed by atoms with van der Waals surface area (Å²) in [6, 6.07) is 48.1. The Labute approximate surface area is 308 Å². The maximum atomic E-state index is 6.64. The minimum absolute atomic E-state index is 0.165. The molecule has 8 heteroatoms. The van der Waals surface area contributed by atoms with E-state index in [9.17, 15) is 0 Å². The Balaban J connectivity index is 1.27. The van der Waals surface area contributed by atoms with E-state index in [2.05, 4.69) is 96.0 Å². The fraction of sp³-hybridized carbons (Fsp3) is 0. The van der Waals surface area contributed by atoms with Crippen molar-refractivity contribution in [2.45, 2.75) is 0 Å². The van der Waals surface area contributed by atoms with Crippen LogP contribution in [0, 0.1) is 0 Å². The van der Waals surface area contributed by atoms with Gasteiger partial charge in [-0.2, -0.15) is 0 Å². The van der Waals surface area contributed by atoms with Crippen LogP contribution in [0.5, 0.6) is 0 Å². The molecule has 0 saturated heterocycles. The van der Waals surface area contributed by atoms with Gasteiger partial charge in [-0.05, 0) is 74.1 Å². The molecule has 9 aromatic rings. The molecule has 2 aromatic heterocycles. The Hall–Kier alpha value is -6.00. The monoisotopic (exact) mass is 649 g/mol. The number of para-hydroxylation sites is 2. The van der Waals surface area contributed by atoms with Gasteiger partial charge >= 0.3 is 0 Å². The van der Waals surface area contributed by atoms with Gasteiger partial charge in [0.2, 0.25) is 0 Å². The lowest BCUT2D eigenvalue weighted by molar-refractivity contribution is 1.12. The highest BCUT2D eigenvalue weighted by Gasteiger charge is 2.21. The van der Waals surface area contributed by atoms with Crippen LogP contribution in [0.3, 0.4) is 0 Å². The molecule has 0 aliphatic rings. The zero-order chi connectivity index (χ0) is 35.5. The summed E-state index contributed by atoms with van der Waals surface area (Å²) >= 11 is 0. The minimum Gasteiger partial charge on any atom is -0.294 e. The van der Waals surface area contributed by atoms with Crippen LogP contribution in [0.1, 0.15) is 0 Å². The van der Waals surface area contributed by atoms with Crippen molar-refractivity contribution >= 4 is 99.1 Å². The van der Waals surface area contributed by atoms with Crippen LogP contribution in [0.25, 0.3) is 83.2 Å². The van der Waals surface area contributed by atoms with Gasteiger partial charge < -0.3 is 0 Å². The summed E-state index contributed by atoms with van der Waals surface area (Å²) < 4.78 is 1.93. The average Bonchev–Trinajstić information content (AvgIpc) is 3.58. The number of hydrogen-bond donors (Lipinski definition) is 0. The first-order chi connectivity index (χ1) is 25.4. The van der Waals surface area contributed by atoms with Gasteiger partial charge in [0.25, 0.3) is 0 Å². The smallest absolute Gasteiger partial charge is 0.145 e. The van der Waals surface area contributed by atoms with Gasteiger partial charge in [0.15, 0.2) is 0 Å². The standard InChI is InChI=1S/C44H24B5N3/c45-38-39(46)41(48)43(42(49)40(38)47)52-35-18-6-5-17-34(35)51-44(52)28-11-9-10-27(24-28)37-31-14-3-1-12-29(31)36(30-13-2-4-15-32(30)37)26-21-19-25(20-22-26)33-16-7-8-23-50-33/h1-24H. The number of fused-ring (bicyclic) bond motifs is 3. The molecule has 10 radical (unpaired) electrons. The van der Waals surface area contributed by atoms with E-state index in [1.807, 2.05) is 59.3 Å². The molecule has 0 aliphatic heterocycles. The normalized spacial score (nSPS) is 11.5. The molecular formula is C44H24B5N3. The molecule has 3 nitrogen and oxygen atoms in total. The molecule has 0 fully saturated rings. The second-order valence-corrected chi connectivity index (χ2v) is 12.9. The van der Waals surface area contributed by atoms with E-state index in [1.165, 1.54) is 5.56 Å². The molecule has 0 spiro atoms. The highest BCUT2D eigenvalue weighted by atomic mass is 15.1. The SMILES string of the molecule is [B]c1c([B])c([B])c(-n2c(-c3cccc(-c4c5ccccc5c(-c5ccc(-c6ccccn6)cc5)c5ccccc45)c3)nc3ccccc32)c([B])c1[B]. The molecule has 0 atom stereocenters. The summed E-state index contributed by atoms with van der Waals surface area (Å²) in [6.45, 7) is 0. The first-order valence-electron chi connectivity index (χ1n) is 17.0. The van der Waals surface area contributed by atoms with Crippen LogP contribution in [0.4, 0.5) is 0 Å². The predicted molar refractivity (Wildman–Crippen MR) is 223 cm³/mol. The molecule has 0 amide bonds. The zero-order valence-corrected chi connectivity index (χ0v) is 28.1. The summed E-state index contributed by atoms with van der Waals surface area (Å²) in [6.07, 6.45) is 1.82. The quantitative estimate of drug-likeness (QED) is 0.186. The summed E-state index contributed by atoms with van der Waals surface area (Å²) in [7, 11) is 32.2. The highest BCUT2D eigenvalue weighted by Crippen LogP contribution is 2.44. The lowest BCUT2D eigenvalue weighted by Crippen LogP contribution is -2.56. The number of pyridine rings is 1. The number of aromatic nitrogens is 3. The first-order valence-corrected chi connectivity index (χ1v) is 17.0. The minimum atomic E-state index is 0.165. The molecule has 2 heterocycles. The molecule has 9 rings (SSSR count). The largest absolute Gasteiger partial charge is 0.294 e. The van der Waals surface area contributed by atoms with Crippen molar-refractivity contribution in [3.05, 3.63) is 146 Å². The van der Waals surface area contributed by atoms with Crippen molar-refractivity contribution in [1.82, 2.24) is 14.5 Å². The topological polar surface area (TPSA) is 30.7 Å². The van der Waals surface area contributed by atoms with Crippen LogP contribution >= 0.6 is 0 Å². The van der Waals surface area contributed by atoms with Gasteiger partial charge in [0.05, 0.1) is 16.7 Å². The lowest BCUT2D eigenvalue weighted by Gasteiger charge is -2.23. The second kappa shape index (κ2) is 12.6. The number of benzene rings is 7. The van der Waals surface area contributed by atoms with Crippen LogP contribution in [0.15, 0.2) is 146 Å². The van der Waals surface area contributed by atoms with E-state index >= 15 is 0 Å². The molecular weight excluding hydrogens is 625 g/mol. The Morgan fingerprint density at radius 3 is 1.56 bits per heavy atom.